The van der Waals surface area contributed by atoms with Crippen LogP contribution in [0.5, 0.6) is 0 Å². The van der Waals surface area contributed by atoms with E-state index >= 15 is 0 Å². The molecular weight excluding hydrogens is 220 g/mol. The van der Waals surface area contributed by atoms with E-state index in [1.165, 1.54) is 4.63 Å². The molecule has 2 aromatic rings. The second-order valence-electron chi connectivity index (χ2n) is 4.07. The van der Waals surface area contributed by atoms with Crippen molar-refractivity contribution in [2.24, 2.45) is 0 Å². The van der Waals surface area contributed by atoms with Crippen molar-refractivity contribution in [2.75, 3.05) is 24.6 Å². The zero-order valence-corrected chi connectivity index (χ0v) is 9.65. The zero-order valence-electron chi connectivity index (χ0n) is 9.65. The van der Waals surface area contributed by atoms with E-state index in [2.05, 4.69) is 32.4 Å². The molecule has 2 aromatic heterocycles. The molecule has 1 aliphatic rings. The maximum Gasteiger partial charge on any atom is 0.200 e. The van der Waals surface area contributed by atoms with Gasteiger partial charge < -0.3 is 9.64 Å². The molecule has 1 saturated heterocycles. The first-order chi connectivity index (χ1) is 8.36. The summed E-state index contributed by atoms with van der Waals surface area (Å²) in [4.78, 5) is 2.21. The predicted molar refractivity (Wildman–Crippen MR) is 60.8 cm³/mol. The number of anilines is 1. The minimum Gasteiger partial charge on any atom is -0.375 e. The summed E-state index contributed by atoms with van der Waals surface area (Å²) >= 11 is 0. The number of hydrogen-bond donors (Lipinski definition) is 0. The molecule has 17 heavy (non-hydrogen) atoms. The van der Waals surface area contributed by atoms with Gasteiger partial charge in [0.25, 0.3) is 0 Å². The highest BCUT2D eigenvalue weighted by Crippen LogP contribution is 2.16. The molecule has 0 unspecified atom stereocenters. The van der Waals surface area contributed by atoms with Gasteiger partial charge in [0.1, 0.15) is 0 Å². The minimum absolute atomic E-state index is 0.287. The lowest BCUT2D eigenvalue weighted by atomic mass is 10.2. The van der Waals surface area contributed by atoms with Crippen molar-refractivity contribution in [3.63, 3.8) is 0 Å². The third-order valence-corrected chi connectivity index (χ3v) is 2.97. The molecule has 3 rings (SSSR count). The third kappa shape index (κ3) is 1.93. The van der Waals surface area contributed by atoms with E-state index in [0.29, 0.717) is 5.65 Å². The Bertz CT molecular complexity index is 512. The van der Waals surface area contributed by atoms with E-state index in [4.69, 9.17) is 4.74 Å². The molecule has 7 heteroatoms. The van der Waals surface area contributed by atoms with Gasteiger partial charge in [0, 0.05) is 13.1 Å². The summed E-state index contributed by atoms with van der Waals surface area (Å²) in [6.07, 6.45) is 1.30. The second-order valence-corrected chi connectivity index (χ2v) is 4.07. The van der Waals surface area contributed by atoms with E-state index in [1.54, 1.807) is 0 Å². The number of fused-ring (bicyclic) bond motifs is 1. The van der Waals surface area contributed by atoms with Crippen molar-refractivity contribution in [2.45, 2.75) is 19.4 Å². The van der Waals surface area contributed by atoms with Crippen LogP contribution in [0.3, 0.4) is 0 Å². The summed E-state index contributed by atoms with van der Waals surface area (Å²) in [6, 6.07) is 3.82. The molecule has 0 saturated carbocycles. The van der Waals surface area contributed by atoms with Crippen LogP contribution >= 0.6 is 0 Å². The first-order valence-corrected chi connectivity index (χ1v) is 5.79. The standard InChI is InChI=1S/C10H14N6O/c1-2-8-7-15(5-6-17-8)10-4-3-9-11-13-14-16(9)12-10/h3-4,8H,2,5-7H2,1H3/t8-/m1/s1. The van der Waals surface area contributed by atoms with Gasteiger partial charge in [0.2, 0.25) is 0 Å². The molecule has 0 N–H and O–H groups in total. The summed E-state index contributed by atoms with van der Waals surface area (Å²) in [5.41, 5.74) is 0.661. The van der Waals surface area contributed by atoms with Crippen LogP contribution in [0.4, 0.5) is 5.82 Å². The van der Waals surface area contributed by atoms with Gasteiger partial charge in [-0.3, -0.25) is 0 Å². The van der Waals surface area contributed by atoms with Crippen LogP contribution < -0.4 is 4.90 Å². The topological polar surface area (TPSA) is 68.4 Å². The quantitative estimate of drug-likeness (QED) is 0.736. The maximum atomic E-state index is 5.63. The largest absolute Gasteiger partial charge is 0.375 e. The van der Waals surface area contributed by atoms with Crippen LogP contribution in [0.15, 0.2) is 12.1 Å². The number of aromatic nitrogens is 5. The Morgan fingerprint density at radius 3 is 3.29 bits per heavy atom. The van der Waals surface area contributed by atoms with Gasteiger partial charge >= 0.3 is 0 Å². The van der Waals surface area contributed by atoms with Crippen molar-refractivity contribution in [1.29, 1.82) is 0 Å². The van der Waals surface area contributed by atoms with Crippen LogP contribution in [-0.4, -0.2) is 51.1 Å². The molecule has 0 amide bonds. The Hall–Kier alpha value is -1.76. The first kappa shape index (κ1) is 10.4. The Morgan fingerprint density at radius 1 is 1.47 bits per heavy atom. The van der Waals surface area contributed by atoms with Crippen LogP contribution in [-0.2, 0) is 4.74 Å². The molecule has 0 spiro atoms. The summed E-state index contributed by atoms with van der Waals surface area (Å²) in [7, 11) is 0. The van der Waals surface area contributed by atoms with E-state index in [0.717, 1.165) is 31.9 Å². The molecule has 0 bridgehead atoms. The molecule has 0 aromatic carbocycles. The molecule has 7 nitrogen and oxygen atoms in total. The fourth-order valence-electron chi connectivity index (χ4n) is 1.98. The van der Waals surface area contributed by atoms with Crippen molar-refractivity contribution in [3.8, 4) is 0 Å². The maximum absolute atomic E-state index is 5.63. The lowest BCUT2D eigenvalue weighted by molar-refractivity contribution is 0.0381. The summed E-state index contributed by atoms with van der Waals surface area (Å²) in [6.45, 7) is 4.61. The zero-order chi connectivity index (χ0) is 11.7. The highest BCUT2D eigenvalue weighted by atomic mass is 16.5. The van der Waals surface area contributed by atoms with Gasteiger partial charge in [-0.15, -0.1) is 14.8 Å². The highest BCUT2D eigenvalue weighted by molar-refractivity contribution is 5.44. The fourth-order valence-corrected chi connectivity index (χ4v) is 1.98. The second kappa shape index (κ2) is 4.25. The normalized spacial score (nSPS) is 21.0. The lowest BCUT2D eigenvalue weighted by Gasteiger charge is -2.32. The molecule has 0 aliphatic carbocycles. The Kier molecular flexibility index (Phi) is 2.60. The minimum atomic E-state index is 0.287. The molecular formula is C10H14N6O. The molecule has 1 atom stereocenters. The van der Waals surface area contributed by atoms with Gasteiger partial charge in [-0.25, -0.2) is 0 Å². The van der Waals surface area contributed by atoms with Gasteiger partial charge in [0.15, 0.2) is 11.5 Å². The average molecular weight is 234 g/mol. The van der Waals surface area contributed by atoms with Gasteiger partial charge in [0.05, 0.1) is 12.7 Å². The van der Waals surface area contributed by atoms with E-state index in [9.17, 15) is 0 Å². The average Bonchev–Trinajstić information content (AvgIpc) is 2.86. The highest BCUT2D eigenvalue weighted by Gasteiger charge is 2.20. The molecule has 3 heterocycles. The van der Waals surface area contributed by atoms with Gasteiger partial charge in [-0.1, -0.05) is 6.92 Å². The number of morpholine rings is 1. The predicted octanol–water partition coefficient (Wildman–Crippen LogP) is 0.134. The number of nitrogens with zero attached hydrogens (tertiary/aromatic N) is 6. The Morgan fingerprint density at radius 2 is 2.41 bits per heavy atom. The van der Waals surface area contributed by atoms with Gasteiger partial charge in [-0.05, 0) is 29.0 Å². The molecule has 90 valence electrons. The van der Waals surface area contributed by atoms with E-state index in [-0.39, 0.29) is 6.10 Å². The van der Waals surface area contributed by atoms with E-state index < -0.39 is 0 Å². The number of rotatable bonds is 2. The first-order valence-electron chi connectivity index (χ1n) is 5.79. The van der Waals surface area contributed by atoms with Crippen LogP contribution in [0.1, 0.15) is 13.3 Å². The Labute approximate surface area is 98.4 Å². The molecule has 1 fully saturated rings. The smallest absolute Gasteiger partial charge is 0.200 e. The van der Waals surface area contributed by atoms with Crippen molar-refractivity contribution < 1.29 is 4.74 Å². The number of tetrazole rings is 1. The van der Waals surface area contributed by atoms with E-state index in [1.807, 2.05) is 12.1 Å². The molecule has 0 radical (unpaired) electrons. The van der Waals surface area contributed by atoms with Crippen LogP contribution in [0.25, 0.3) is 5.65 Å². The number of ether oxygens (including phenoxy) is 1. The van der Waals surface area contributed by atoms with Crippen LogP contribution in [0.2, 0.25) is 0 Å². The van der Waals surface area contributed by atoms with Crippen molar-refractivity contribution in [1.82, 2.24) is 25.3 Å². The molecule has 1 aliphatic heterocycles. The lowest BCUT2D eigenvalue weighted by Crippen LogP contribution is -2.42. The Balaban J connectivity index is 1.86. The van der Waals surface area contributed by atoms with Gasteiger partial charge in [-0.2, -0.15) is 0 Å². The van der Waals surface area contributed by atoms with Crippen molar-refractivity contribution in [3.05, 3.63) is 12.1 Å². The van der Waals surface area contributed by atoms with Crippen molar-refractivity contribution >= 4 is 11.5 Å². The number of hydrogen-bond acceptors (Lipinski definition) is 6. The third-order valence-electron chi connectivity index (χ3n) is 2.97. The van der Waals surface area contributed by atoms with Crippen LogP contribution in [0, 0.1) is 0 Å². The fraction of sp³-hybridized carbons (Fsp3) is 0.600. The SMILES string of the molecule is CC[C@@H]1CN(c2ccc3nnnn3n2)CCO1. The summed E-state index contributed by atoms with van der Waals surface area (Å²) in [5.74, 6) is 0.895. The monoisotopic (exact) mass is 234 g/mol. The summed E-state index contributed by atoms with van der Waals surface area (Å²) < 4.78 is 7.08. The summed E-state index contributed by atoms with van der Waals surface area (Å²) in [5, 5.41) is 15.6.